The van der Waals surface area contributed by atoms with E-state index in [9.17, 15) is 14.9 Å². The molecule has 0 unspecified atom stereocenters. The summed E-state index contributed by atoms with van der Waals surface area (Å²) in [5, 5.41) is 10.8. The number of esters is 1. The van der Waals surface area contributed by atoms with Crippen molar-refractivity contribution < 1.29 is 19.2 Å². The molecule has 98 valence electrons. The van der Waals surface area contributed by atoms with Crippen LogP contribution in [0.15, 0.2) is 12.1 Å². The van der Waals surface area contributed by atoms with Gasteiger partial charge in [-0.15, -0.1) is 0 Å². The van der Waals surface area contributed by atoms with Crippen LogP contribution in [-0.2, 0) is 16.0 Å². The van der Waals surface area contributed by atoms with Gasteiger partial charge in [-0.25, -0.2) is 0 Å². The molecule has 1 rings (SSSR count). The lowest BCUT2D eigenvalue weighted by Gasteiger charge is -2.08. The summed E-state index contributed by atoms with van der Waals surface area (Å²) in [6.45, 7) is 1.95. The van der Waals surface area contributed by atoms with Gasteiger partial charge in [-0.3, -0.25) is 14.9 Å². The molecule has 0 saturated carbocycles. The minimum Gasteiger partial charge on any atom is -0.489 e. The second-order valence-corrected chi connectivity index (χ2v) is 3.71. The molecule has 0 atom stereocenters. The van der Waals surface area contributed by atoms with Crippen molar-refractivity contribution >= 4 is 23.3 Å². The van der Waals surface area contributed by atoms with E-state index in [1.54, 1.807) is 6.92 Å². The molecule has 0 aliphatic heterocycles. The van der Waals surface area contributed by atoms with Gasteiger partial charge < -0.3 is 9.47 Å². The molecular formula is C11H12ClNO5. The van der Waals surface area contributed by atoms with E-state index < -0.39 is 10.9 Å². The van der Waals surface area contributed by atoms with Crippen molar-refractivity contribution in [2.75, 3.05) is 13.7 Å². The normalized spacial score (nSPS) is 9.94. The number of hydrogen-bond acceptors (Lipinski definition) is 5. The third-order valence-electron chi connectivity index (χ3n) is 2.20. The van der Waals surface area contributed by atoms with Crippen LogP contribution in [0.3, 0.4) is 0 Å². The summed E-state index contributed by atoms with van der Waals surface area (Å²) in [4.78, 5) is 21.5. The summed E-state index contributed by atoms with van der Waals surface area (Å²) in [7, 11) is 1.28. The maximum Gasteiger partial charge on any atom is 0.312 e. The summed E-state index contributed by atoms with van der Waals surface area (Å²) in [6.07, 6.45) is -0.0545. The topological polar surface area (TPSA) is 78.7 Å². The van der Waals surface area contributed by atoms with Crippen LogP contribution in [0.2, 0.25) is 5.02 Å². The van der Waals surface area contributed by atoms with Gasteiger partial charge in [0.25, 0.3) is 0 Å². The number of halogens is 1. The first-order valence-corrected chi connectivity index (χ1v) is 5.54. The third-order valence-corrected chi connectivity index (χ3v) is 2.61. The molecule has 0 amide bonds. The fourth-order valence-electron chi connectivity index (χ4n) is 1.43. The lowest BCUT2D eigenvalue weighted by atomic mass is 10.1. The monoisotopic (exact) mass is 273 g/mol. The Labute approximate surface area is 109 Å². The zero-order valence-corrected chi connectivity index (χ0v) is 10.7. The van der Waals surface area contributed by atoms with Gasteiger partial charge in [0.15, 0.2) is 0 Å². The number of hydrogen-bond donors (Lipinski definition) is 0. The number of nitro groups is 1. The average Bonchev–Trinajstić information content (AvgIpc) is 2.31. The molecule has 6 nitrogen and oxygen atoms in total. The summed E-state index contributed by atoms with van der Waals surface area (Å²) in [5.41, 5.74) is 0.188. The largest absolute Gasteiger partial charge is 0.489 e. The molecule has 0 spiro atoms. The molecule has 0 aromatic heterocycles. The second-order valence-electron chi connectivity index (χ2n) is 3.33. The molecule has 0 bridgehead atoms. The smallest absolute Gasteiger partial charge is 0.312 e. The van der Waals surface area contributed by atoms with Gasteiger partial charge in [0.1, 0.15) is 0 Å². The number of nitrogens with zero attached hydrogens (tertiary/aromatic N) is 1. The van der Waals surface area contributed by atoms with E-state index in [2.05, 4.69) is 0 Å². The van der Waals surface area contributed by atoms with Crippen LogP contribution in [0, 0.1) is 10.1 Å². The molecule has 0 radical (unpaired) electrons. The van der Waals surface area contributed by atoms with Crippen molar-refractivity contribution in [3.8, 4) is 5.75 Å². The van der Waals surface area contributed by atoms with Crippen molar-refractivity contribution in [2.24, 2.45) is 0 Å². The van der Waals surface area contributed by atoms with Crippen LogP contribution < -0.4 is 4.74 Å². The molecule has 18 heavy (non-hydrogen) atoms. The fourth-order valence-corrected chi connectivity index (χ4v) is 1.73. The zero-order chi connectivity index (χ0) is 13.7. The van der Waals surface area contributed by atoms with E-state index in [0.29, 0.717) is 5.56 Å². The number of methoxy groups -OCH3 is 1. The molecule has 0 aliphatic carbocycles. The molecule has 7 heteroatoms. The quantitative estimate of drug-likeness (QED) is 0.467. The molecule has 1 aromatic carbocycles. The van der Waals surface area contributed by atoms with E-state index >= 15 is 0 Å². The Hall–Kier alpha value is -1.82. The Kier molecular flexibility index (Phi) is 4.91. The summed E-state index contributed by atoms with van der Waals surface area (Å²) >= 11 is 5.97. The maximum absolute atomic E-state index is 11.3. The molecule has 0 aliphatic rings. The van der Waals surface area contributed by atoms with Crippen molar-refractivity contribution in [3.05, 3.63) is 32.8 Å². The minimum atomic E-state index is -0.598. The van der Waals surface area contributed by atoms with Crippen LogP contribution in [0.1, 0.15) is 12.5 Å². The van der Waals surface area contributed by atoms with Crippen LogP contribution in [0.25, 0.3) is 0 Å². The van der Waals surface area contributed by atoms with Gasteiger partial charge in [0.2, 0.25) is 5.75 Å². The van der Waals surface area contributed by atoms with Gasteiger partial charge in [-0.05, 0) is 18.6 Å². The van der Waals surface area contributed by atoms with Crippen LogP contribution in [0.5, 0.6) is 5.75 Å². The highest BCUT2D eigenvalue weighted by molar-refractivity contribution is 6.33. The zero-order valence-electron chi connectivity index (χ0n) is 9.94. The average molecular weight is 274 g/mol. The number of nitro benzene ring substituents is 1. The Morgan fingerprint density at radius 1 is 1.50 bits per heavy atom. The molecule has 0 saturated heterocycles. The number of rotatable bonds is 5. The number of ether oxygens (including phenoxy) is 2. The highest BCUT2D eigenvalue weighted by Crippen LogP contribution is 2.37. The van der Waals surface area contributed by atoms with Crippen molar-refractivity contribution in [1.29, 1.82) is 0 Å². The Morgan fingerprint density at radius 3 is 2.67 bits per heavy atom. The SMILES string of the molecule is CCOC(=O)Cc1ccc([N+](=O)[O-])c(OC)c1Cl. The molecular weight excluding hydrogens is 262 g/mol. The summed E-state index contributed by atoms with van der Waals surface area (Å²) in [6, 6.07) is 2.67. The van der Waals surface area contributed by atoms with Gasteiger partial charge in [0.05, 0.1) is 30.1 Å². The van der Waals surface area contributed by atoms with Gasteiger partial charge in [-0.2, -0.15) is 0 Å². The van der Waals surface area contributed by atoms with Gasteiger partial charge >= 0.3 is 11.7 Å². The predicted molar refractivity (Wildman–Crippen MR) is 65.0 cm³/mol. The highest BCUT2D eigenvalue weighted by Gasteiger charge is 2.21. The molecule has 0 N–H and O–H groups in total. The lowest BCUT2D eigenvalue weighted by molar-refractivity contribution is -0.385. The van der Waals surface area contributed by atoms with E-state index in [4.69, 9.17) is 21.1 Å². The van der Waals surface area contributed by atoms with Crippen molar-refractivity contribution in [1.82, 2.24) is 0 Å². The number of carbonyl (C=O) groups is 1. The Bertz CT molecular complexity index is 475. The van der Waals surface area contributed by atoms with E-state index in [1.165, 1.54) is 19.2 Å². The number of benzene rings is 1. The first-order valence-electron chi connectivity index (χ1n) is 5.16. The summed E-state index contributed by atoms with van der Waals surface area (Å²) < 4.78 is 9.67. The molecule has 1 aromatic rings. The first kappa shape index (κ1) is 14.2. The van der Waals surface area contributed by atoms with Crippen LogP contribution in [0.4, 0.5) is 5.69 Å². The molecule has 0 heterocycles. The number of carbonyl (C=O) groups excluding carboxylic acids is 1. The van der Waals surface area contributed by atoms with Crippen molar-refractivity contribution in [2.45, 2.75) is 13.3 Å². The minimum absolute atomic E-state index is 0.0523. The van der Waals surface area contributed by atoms with E-state index in [0.717, 1.165) is 0 Å². The summed E-state index contributed by atoms with van der Waals surface area (Å²) in [5.74, 6) is -0.501. The fraction of sp³-hybridized carbons (Fsp3) is 0.364. The predicted octanol–water partition coefficient (Wildman–Crippen LogP) is 2.36. The third kappa shape index (κ3) is 3.10. The lowest BCUT2D eigenvalue weighted by Crippen LogP contribution is -2.08. The Morgan fingerprint density at radius 2 is 2.17 bits per heavy atom. The first-order chi connectivity index (χ1) is 8.51. The van der Waals surface area contributed by atoms with Crippen molar-refractivity contribution in [3.63, 3.8) is 0 Å². The van der Waals surface area contributed by atoms with Crippen LogP contribution in [-0.4, -0.2) is 24.6 Å². The van der Waals surface area contributed by atoms with E-state index in [-0.39, 0.29) is 29.5 Å². The van der Waals surface area contributed by atoms with Gasteiger partial charge in [-0.1, -0.05) is 11.6 Å². The van der Waals surface area contributed by atoms with Gasteiger partial charge in [0, 0.05) is 6.07 Å². The standard InChI is InChI=1S/C11H12ClNO5/c1-3-18-9(14)6-7-4-5-8(13(15)16)11(17-2)10(7)12/h4-5H,3,6H2,1-2H3. The maximum atomic E-state index is 11.3. The Balaban J connectivity index is 3.09. The highest BCUT2D eigenvalue weighted by atomic mass is 35.5. The van der Waals surface area contributed by atoms with Crippen LogP contribution >= 0.6 is 11.6 Å². The molecule has 0 fully saturated rings. The second kappa shape index (κ2) is 6.20. The van der Waals surface area contributed by atoms with E-state index in [1.807, 2.05) is 0 Å².